The Morgan fingerprint density at radius 2 is 1.83 bits per heavy atom. The SMILES string of the molecule is CCOc1ccc(-c2c(NC(=O)Cc3ccccc3Cl)n[nH]c2C)cc1OCC. The molecule has 0 spiro atoms. The second kappa shape index (κ2) is 9.47. The number of benzene rings is 2. The Balaban J connectivity index is 1.87. The van der Waals surface area contributed by atoms with Crippen molar-refractivity contribution in [2.45, 2.75) is 27.2 Å². The zero-order chi connectivity index (χ0) is 20.8. The van der Waals surface area contributed by atoms with Crippen LogP contribution in [-0.4, -0.2) is 29.3 Å². The number of anilines is 1. The van der Waals surface area contributed by atoms with Gasteiger partial charge in [-0.05, 0) is 50.1 Å². The van der Waals surface area contributed by atoms with Gasteiger partial charge >= 0.3 is 0 Å². The molecule has 0 aliphatic rings. The average Bonchev–Trinajstić information content (AvgIpc) is 3.05. The van der Waals surface area contributed by atoms with E-state index in [1.807, 2.05) is 57.2 Å². The number of halogens is 1. The molecule has 152 valence electrons. The van der Waals surface area contributed by atoms with Crippen molar-refractivity contribution >= 4 is 23.3 Å². The third-order valence-corrected chi connectivity index (χ3v) is 4.71. The molecule has 3 aromatic rings. The number of aromatic nitrogens is 2. The van der Waals surface area contributed by atoms with Gasteiger partial charge in [0.25, 0.3) is 0 Å². The normalized spacial score (nSPS) is 10.6. The summed E-state index contributed by atoms with van der Waals surface area (Å²) in [6.07, 6.45) is 0.165. The highest BCUT2D eigenvalue weighted by molar-refractivity contribution is 6.31. The second-order valence-electron chi connectivity index (χ2n) is 6.42. The second-order valence-corrected chi connectivity index (χ2v) is 6.82. The van der Waals surface area contributed by atoms with Gasteiger partial charge in [0.15, 0.2) is 17.3 Å². The Kier molecular flexibility index (Phi) is 6.77. The molecule has 1 amide bonds. The van der Waals surface area contributed by atoms with Gasteiger partial charge in [0.05, 0.1) is 19.6 Å². The van der Waals surface area contributed by atoms with Crippen LogP contribution >= 0.6 is 11.6 Å². The van der Waals surface area contributed by atoms with Crippen molar-refractivity contribution in [3.8, 4) is 22.6 Å². The number of carbonyl (C=O) groups is 1. The number of nitrogens with zero attached hydrogens (tertiary/aromatic N) is 1. The van der Waals surface area contributed by atoms with Crippen LogP contribution in [0.3, 0.4) is 0 Å². The van der Waals surface area contributed by atoms with E-state index in [4.69, 9.17) is 21.1 Å². The number of nitrogens with one attached hydrogen (secondary N) is 2. The van der Waals surface area contributed by atoms with E-state index in [2.05, 4.69) is 15.5 Å². The van der Waals surface area contributed by atoms with Gasteiger partial charge in [-0.15, -0.1) is 0 Å². The van der Waals surface area contributed by atoms with E-state index in [0.29, 0.717) is 35.6 Å². The fraction of sp³-hybridized carbons (Fsp3) is 0.273. The van der Waals surface area contributed by atoms with Crippen LogP contribution in [0.4, 0.5) is 5.82 Å². The molecule has 0 fully saturated rings. The quantitative estimate of drug-likeness (QED) is 0.543. The molecule has 1 aromatic heterocycles. The van der Waals surface area contributed by atoms with Crippen molar-refractivity contribution < 1.29 is 14.3 Å². The van der Waals surface area contributed by atoms with Crippen molar-refractivity contribution in [3.63, 3.8) is 0 Å². The lowest BCUT2D eigenvalue weighted by Gasteiger charge is -2.13. The molecule has 0 saturated heterocycles. The molecule has 2 N–H and O–H groups in total. The van der Waals surface area contributed by atoms with Gasteiger partial charge in [-0.1, -0.05) is 35.9 Å². The number of amides is 1. The Bertz CT molecular complexity index is 1000. The van der Waals surface area contributed by atoms with Gasteiger partial charge in [0, 0.05) is 16.3 Å². The fourth-order valence-corrected chi connectivity index (χ4v) is 3.27. The molecule has 0 aliphatic carbocycles. The van der Waals surface area contributed by atoms with Crippen molar-refractivity contribution in [3.05, 3.63) is 58.7 Å². The van der Waals surface area contributed by atoms with Crippen LogP contribution in [0.2, 0.25) is 5.02 Å². The molecule has 0 aliphatic heterocycles. The molecule has 1 heterocycles. The first kappa shape index (κ1) is 20.7. The summed E-state index contributed by atoms with van der Waals surface area (Å²) >= 11 is 6.16. The summed E-state index contributed by atoms with van der Waals surface area (Å²) in [7, 11) is 0. The van der Waals surface area contributed by atoms with E-state index in [-0.39, 0.29) is 12.3 Å². The first-order valence-corrected chi connectivity index (χ1v) is 9.89. The van der Waals surface area contributed by atoms with Crippen LogP contribution < -0.4 is 14.8 Å². The highest BCUT2D eigenvalue weighted by Gasteiger charge is 2.18. The number of ether oxygens (including phenoxy) is 2. The van der Waals surface area contributed by atoms with E-state index >= 15 is 0 Å². The summed E-state index contributed by atoms with van der Waals surface area (Å²) in [6.45, 7) is 6.83. The number of carbonyl (C=O) groups excluding carboxylic acids is 1. The van der Waals surface area contributed by atoms with Crippen LogP contribution in [-0.2, 0) is 11.2 Å². The zero-order valence-electron chi connectivity index (χ0n) is 16.7. The highest BCUT2D eigenvalue weighted by Crippen LogP contribution is 2.36. The number of aromatic amines is 1. The Morgan fingerprint density at radius 3 is 2.55 bits per heavy atom. The number of aryl methyl sites for hydroxylation is 1. The fourth-order valence-electron chi connectivity index (χ4n) is 3.07. The van der Waals surface area contributed by atoms with Crippen LogP contribution in [0, 0.1) is 6.92 Å². The van der Waals surface area contributed by atoms with Gasteiger partial charge in [-0.25, -0.2) is 0 Å². The number of rotatable bonds is 8. The third-order valence-electron chi connectivity index (χ3n) is 4.35. The van der Waals surface area contributed by atoms with Crippen molar-refractivity contribution in [1.82, 2.24) is 10.2 Å². The van der Waals surface area contributed by atoms with Gasteiger partial charge in [-0.2, -0.15) is 5.10 Å². The van der Waals surface area contributed by atoms with Crippen molar-refractivity contribution in [1.29, 1.82) is 0 Å². The Hall–Kier alpha value is -2.99. The minimum atomic E-state index is -0.193. The lowest BCUT2D eigenvalue weighted by molar-refractivity contribution is -0.115. The highest BCUT2D eigenvalue weighted by atomic mass is 35.5. The van der Waals surface area contributed by atoms with Gasteiger partial charge in [0.2, 0.25) is 5.91 Å². The topological polar surface area (TPSA) is 76.2 Å². The van der Waals surface area contributed by atoms with Crippen molar-refractivity contribution in [2.75, 3.05) is 18.5 Å². The first-order valence-electron chi connectivity index (χ1n) is 9.51. The average molecular weight is 414 g/mol. The summed E-state index contributed by atoms with van der Waals surface area (Å²) in [6, 6.07) is 13.0. The van der Waals surface area contributed by atoms with E-state index in [0.717, 1.165) is 22.4 Å². The van der Waals surface area contributed by atoms with Gasteiger partial charge in [0.1, 0.15) is 0 Å². The molecular formula is C22H24ClN3O3. The molecular weight excluding hydrogens is 390 g/mol. The Morgan fingerprint density at radius 1 is 1.10 bits per heavy atom. The maximum atomic E-state index is 12.6. The first-order chi connectivity index (χ1) is 14.0. The summed E-state index contributed by atoms with van der Waals surface area (Å²) in [5.74, 6) is 1.61. The van der Waals surface area contributed by atoms with Crippen molar-refractivity contribution in [2.24, 2.45) is 0 Å². The molecule has 0 radical (unpaired) electrons. The molecule has 29 heavy (non-hydrogen) atoms. The Labute approximate surface area is 175 Å². The maximum Gasteiger partial charge on any atom is 0.230 e. The van der Waals surface area contributed by atoms with E-state index in [9.17, 15) is 4.79 Å². The zero-order valence-corrected chi connectivity index (χ0v) is 17.5. The predicted octanol–water partition coefficient (Wildman–Crippen LogP) is 5.02. The molecule has 0 unspecified atom stereocenters. The number of hydrogen-bond donors (Lipinski definition) is 2. The number of H-pyrrole nitrogens is 1. The van der Waals surface area contributed by atoms with E-state index in [1.54, 1.807) is 6.07 Å². The van der Waals surface area contributed by atoms with Crippen LogP contribution in [0.25, 0.3) is 11.1 Å². The molecule has 0 saturated carbocycles. The standard InChI is InChI=1S/C22H24ClN3O3/c1-4-28-18-11-10-16(12-19(18)29-5-2)21-14(3)25-26-22(21)24-20(27)13-15-8-6-7-9-17(15)23/h6-12H,4-5,13H2,1-3H3,(H2,24,25,26,27). The molecule has 0 bridgehead atoms. The molecule has 3 rings (SSSR count). The summed E-state index contributed by atoms with van der Waals surface area (Å²) in [5.41, 5.74) is 3.28. The maximum absolute atomic E-state index is 12.6. The van der Waals surface area contributed by atoms with Gasteiger partial charge in [-0.3, -0.25) is 9.89 Å². The lowest BCUT2D eigenvalue weighted by atomic mass is 10.0. The van der Waals surface area contributed by atoms with Crippen LogP contribution in [0.5, 0.6) is 11.5 Å². The molecule has 7 heteroatoms. The lowest BCUT2D eigenvalue weighted by Crippen LogP contribution is -2.15. The largest absolute Gasteiger partial charge is 0.490 e. The molecule has 0 atom stereocenters. The van der Waals surface area contributed by atoms with Gasteiger partial charge < -0.3 is 14.8 Å². The summed E-state index contributed by atoms with van der Waals surface area (Å²) in [5, 5.41) is 10.7. The third kappa shape index (κ3) is 4.90. The predicted molar refractivity (Wildman–Crippen MR) is 115 cm³/mol. The summed E-state index contributed by atoms with van der Waals surface area (Å²) < 4.78 is 11.4. The van der Waals surface area contributed by atoms with E-state index in [1.165, 1.54) is 0 Å². The van der Waals surface area contributed by atoms with E-state index < -0.39 is 0 Å². The minimum Gasteiger partial charge on any atom is -0.490 e. The van der Waals surface area contributed by atoms with Crippen LogP contribution in [0.1, 0.15) is 25.1 Å². The minimum absolute atomic E-state index is 0.165. The summed E-state index contributed by atoms with van der Waals surface area (Å²) in [4.78, 5) is 12.6. The molecule has 6 nitrogen and oxygen atoms in total. The molecule has 2 aromatic carbocycles. The monoisotopic (exact) mass is 413 g/mol. The smallest absolute Gasteiger partial charge is 0.230 e. The number of hydrogen-bond acceptors (Lipinski definition) is 4. The van der Waals surface area contributed by atoms with Crippen LogP contribution in [0.15, 0.2) is 42.5 Å².